The third-order valence-electron chi connectivity index (χ3n) is 4.65. The second-order valence-electron chi connectivity index (χ2n) is 6.75. The molecule has 0 aliphatic carbocycles. The van der Waals surface area contributed by atoms with Crippen LogP contribution < -0.4 is 0 Å². The predicted octanol–water partition coefficient (Wildman–Crippen LogP) is 5.87. The Morgan fingerprint density at radius 2 is 1.15 bits per heavy atom. The van der Waals surface area contributed by atoms with Crippen LogP contribution in [0.2, 0.25) is 0 Å². The number of nitriles is 1. The van der Waals surface area contributed by atoms with Crippen molar-refractivity contribution in [3.8, 4) is 28.6 Å². The lowest BCUT2D eigenvalue weighted by Crippen LogP contribution is -2.02. The lowest BCUT2D eigenvalue weighted by atomic mass is 10.1. The van der Waals surface area contributed by atoms with Gasteiger partial charge in [-0.1, -0.05) is 86.3 Å². The molecule has 138 valence electrons. The topological polar surface area (TPSA) is 54.5 Å². The van der Waals surface area contributed by atoms with E-state index in [1.54, 1.807) is 0 Å². The molecule has 0 N–H and O–H groups in total. The van der Waals surface area contributed by atoms with E-state index in [1.807, 2.05) is 41.2 Å². The number of rotatable bonds is 10. The molecule has 3 rings (SSSR count). The van der Waals surface area contributed by atoms with Gasteiger partial charge in [0.15, 0.2) is 0 Å². The van der Waals surface area contributed by atoms with Crippen LogP contribution in [0.1, 0.15) is 44.9 Å². The first-order chi connectivity index (χ1) is 13.4. The molecule has 0 saturated carbocycles. The van der Waals surface area contributed by atoms with E-state index in [-0.39, 0.29) is 0 Å². The number of aryl methyl sites for hydroxylation is 1. The first kappa shape index (κ1) is 18.8. The van der Waals surface area contributed by atoms with Crippen molar-refractivity contribution in [3.05, 3.63) is 60.7 Å². The Balaban J connectivity index is 1.63. The summed E-state index contributed by atoms with van der Waals surface area (Å²) in [5, 5.41) is 18.1. The molecular formula is C23H26N4. The van der Waals surface area contributed by atoms with Crippen molar-refractivity contribution in [1.82, 2.24) is 15.0 Å². The summed E-state index contributed by atoms with van der Waals surface area (Å²) < 4.78 is 0. The average Bonchev–Trinajstić information content (AvgIpc) is 3.15. The van der Waals surface area contributed by atoms with Gasteiger partial charge in [-0.2, -0.15) is 20.3 Å². The van der Waals surface area contributed by atoms with Gasteiger partial charge in [0, 0.05) is 17.5 Å². The Morgan fingerprint density at radius 3 is 1.67 bits per heavy atom. The van der Waals surface area contributed by atoms with Crippen molar-refractivity contribution in [3.63, 3.8) is 0 Å². The normalized spacial score (nSPS) is 10.6. The lowest BCUT2D eigenvalue weighted by Gasteiger charge is -2.01. The molecule has 0 aliphatic rings. The second kappa shape index (κ2) is 10.3. The van der Waals surface area contributed by atoms with E-state index in [9.17, 15) is 0 Å². The maximum absolute atomic E-state index is 8.56. The van der Waals surface area contributed by atoms with E-state index in [0.29, 0.717) is 6.42 Å². The highest BCUT2D eigenvalue weighted by molar-refractivity contribution is 5.77. The van der Waals surface area contributed by atoms with Crippen LogP contribution in [0, 0.1) is 11.3 Å². The molecule has 0 spiro atoms. The molecule has 0 unspecified atom stereocenters. The number of nitrogens with zero attached hydrogens (tertiary/aromatic N) is 4. The van der Waals surface area contributed by atoms with Gasteiger partial charge in [-0.3, -0.25) is 0 Å². The molecular weight excluding hydrogens is 332 g/mol. The molecule has 0 aliphatic heterocycles. The smallest absolute Gasteiger partial charge is 0.121 e. The number of hydrogen-bond acceptors (Lipinski definition) is 3. The molecule has 1 heterocycles. The van der Waals surface area contributed by atoms with E-state index in [2.05, 4.69) is 30.3 Å². The quantitative estimate of drug-likeness (QED) is 0.426. The van der Waals surface area contributed by atoms with Gasteiger partial charge in [-0.15, -0.1) is 0 Å². The summed E-state index contributed by atoms with van der Waals surface area (Å²) in [6.07, 6.45) is 7.54. The molecule has 0 radical (unpaired) electrons. The highest BCUT2D eigenvalue weighted by atomic mass is 15.5. The third-order valence-corrected chi connectivity index (χ3v) is 4.65. The molecule has 4 heteroatoms. The second-order valence-corrected chi connectivity index (χ2v) is 6.75. The molecule has 2 aromatic carbocycles. The highest BCUT2D eigenvalue weighted by Crippen LogP contribution is 2.28. The fraction of sp³-hybridized carbons (Fsp3) is 0.348. The Morgan fingerprint density at radius 1 is 0.667 bits per heavy atom. The zero-order valence-electron chi connectivity index (χ0n) is 15.7. The minimum Gasteiger partial charge on any atom is -0.198 e. The van der Waals surface area contributed by atoms with Crippen LogP contribution in [0.3, 0.4) is 0 Å². The molecule has 27 heavy (non-hydrogen) atoms. The summed E-state index contributed by atoms with van der Waals surface area (Å²) in [6.45, 7) is 0.838. The summed E-state index contributed by atoms with van der Waals surface area (Å²) in [7, 11) is 0. The monoisotopic (exact) mass is 358 g/mol. The number of unbranched alkanes of at least 4 members (excludes halogenated alkanes) is 6. The fourth-order valence-corrected chi connectivity index (χ4v) is 3.19. The van der Waals surface area contributed by atoms with Crippen LogP contribution in [0.15, 0.2) is 60.7 Å². The van der Waals surface area contributed by atoms with Crippen LogP contribution in [0.5, 0.6) is 0 Å². The van der Waals surface area contributed by atoms with E-state index in [4.69, 9.17) is 15.5 Å². The maximum atomic E-state index is 8.56. The van der Waals surface area contributed by atoms with E-state index >= 15 is 0 Å². The van der Waals surface area contributed by atoms with Crippen molar-refractivity contribution < 1.29 is 0 Å². The first-order valence-corrected chi connectivity index (χ1v) is 9.81. The summed E-state index contributed by atoms with van der Waals surface area (Å²) in [6, 6.07) is 22.7. The van der Waals surface area contributed by atoms with Crippen LogP contribution in [-0.2, 0) is 6.54 Å². The van der Waals surface area contributed by atoms with Gasteiger partial charge in [0.25, 0.3) is 0 Å². The zero-order valence-corrected chi connectivity index (χ0v) is 15.7. The van der Waals surface area contributed by atoms with Crippen LogP contribution in [-0.4, -0.2) is 15.0 Å². The van der Waals surface area contributed by atoms with Gasteiger partial charge < -0.3 is 0 Å². The van der Waals surface area contributed by atoms with E-state index in [1.165, 1.54) is 19.3 Å². The van der Waals surface area contributed by atoms with Crippen LogP contribution in [0.25, 0.3) is 22.5 Å². The van der Waals surface area contributed by atoms with Gasteiger partial charge >= 0.3 is 0 Å². The van der Waals surface area contributed by atoms with E-state index < -0.39 is 0 Å². The van der Waals surface area contributed by atoms with Crippen LogP contribution in [0.4, 0.5) is 0 Å². The molecule has 0 atom stereocenters. The third kappa shape index (κ3) is 5.52. The Bertz CT molecular complexity index is 790. The Labute approximate surface area is 161 Å². The Hall–Kier alpha value is -2.93. The summed E-state index contributed by atoms with van der Waals surface area (Å²) >= 11 is 0. The summed E-state index contributed by atoms with van der Waals surface area (Å²) in [5.74, 6) is 0. The van der Waals surface area contributed by atoms with Crippen molar-refractivity contribution >= 4 is 0 Å². The van der Waals surface area contributed by atoms with Gasteiger partial charge in [-0.25, -0.2) is 0 Å². The molecule has 0 fully saturated rings. The largest absolute Gasteiger partial charge is 0.198 e. The van der Waals surface area contributed by atoms with Crippen molar-refractivity contribution in [2.45, 2.75) is 51.5 Å². The SMILES string of the molecule is N#CCCCCCCCCn1nc(-c2ccccc2)c(-c2ccccc2)n1. The molecule has 0 amide bonds. The first-order valence-electron chi connectivity index (χ1n) is 9.81. The van der Waals surface area contributed by atoms with Gasteiger partial charge in [0.1, 0.15) is 11.4 Å². The minimum atomic E-state index is 0.682. The number of aromatic nitrogens is 3. The minimum absolute atomic E-state index is 0.682. The van der Waals surface area contributed by atoms with E-state index in [0.717, 1.165) is 48.3 Å². The van der Waals surface area contributed by atoms with Gasteiger partial charge in [-0.05, 0) is 12.8 Å². The lowest BCUT2D eigenvalue weighted by molar-refractivity contribution is 0.484. The average molecular weight is 358 g/mol. The van der Waals surface area contributed by atoms with Crippen molar-refractivity contribution in [2.75, 3.05) is 0 Å². The zero-order chi connectivity index (χ0) is 18.7. The summed E-state index contributed by atoms with van der Waals surface area (Å²) in [5.41, 5.74) is 4.08. The standard InChI is InChI=1S/C23H26N4/c24-18-12-4-2-1-3-5-13-19-27-25-22(20-14-8-6-9-15-20)23(26-27)21-16-10-7-11-17-21/h6-11,14-17H,1-5,12-13,19H2. The summed E-state index contributed by atoms with van der Waals surface area (Å²) in [4.78, 5) is 1.85. The van der Waals surface area contributed by atoms with Gasteiger partial charge in [0.2, 0.25) is 0 Å². The van der Waals surface area contributed by atoms with Crippen molar-refractivity contribution in [1.29, 1.82) is 5.26 Å². The molecule has 4 nitrogen and oxygen atoms in total. The highest BCUT2D eigenvalue weighted by Gasteiger charge is 2.14. The Kier molecular flexibility index (Phi) is 7.17. The van der Waals surface area contributed by atoms with Gasteiger partial charge in [0.05, 0.1) is 12.6 Å². The van der Waals surface area contributed by atoms with Crippen molar-refractivity contribution in [2.24, 2.45) is 0 Å². The number of benzene rings is 2. The predicted molar refractivity (Wildman–Crippen MR) is 109 cm³/mol. The maximum Gasteiger partial charge on any atom is 0.121 e. The molecule has 1 aromatic heterocycles. The van der Waals surface area contributed by atoms with Crippen LogP contribution >= 0.6 is 0 Å². The number of hydrogen-bond donors (Lipinski definition) is 0. The fourth-order valence-electron chi connectivity index (χ4n) is 3.19. The molecule has 0 bridgehead atoms. The molecule has 0 saturated heterocycles. The molecule has 3 aromatic rings.